The Morgan fingerprint density at radius 1 is 0.967 bits per heavy atom. The summed E-state index contributed by atoms with van der Waals surface area (Å²) in [6.45, 7) is 7.69. The van der Waals surface area contributed by atoms with Crippen LogP contribution in [0.1, 0.15) is 38.8 Å². The number of aryl methyl sites for hydroxylation is 2. The molecule has 0 atom stereocenters. The van der Waals surface area contributed by atoms with E-state index >= 15 is 0 Å². The Bertz CT molecular complexity index is 1230. The minimum atomic E-state index is 0.532. The van der Waals surface area contributed by atoms with Crippen LogP contribution in [0, 0.1) is 20.8 Å². The number of thiophene rings is 1. The van der Waals surface area contributed by atoms with Gasteiger partial charge in [-0.2, -0.15) is 0 Å². The molecule has 0 bridgehead atoms. The Kier molecular flexibility index (Phi) is 4.71. The average Bonchev–Trinajstić information content (AvgIpc) is 3.21. The summed E-state index contributed by atoms with van der Waals surface area (Å²) in [6.07, 6.45) is 0. The summed E-state index contributed by atoms with van der Waals surface area (Å²) in [6, 6.07) is 19.0. The maximum atomic E-state index is 4.97. The molecule has 1 N–H and O–H groups in total. The van der Waals surface area contributed by atoms with E-state index in [-0.39, 0.29) is 0 Å². The first-order valence-electron chi connectivity index (χ1n) is 10.1. The minimum Gasteiger partial charge on any atom is -0.381 e. The summed E-state index contributed by atoms with van der Waals surface area (Å²) in [7, 11) is 0. The lowest BCUT2D eigenvalue weighted by Crippen LogP contribution is -2.07. The lowest BCUT2D eigenvalue weighted by atomic mass is 9.99. The lowest BCUT2D eigenvalue weighted by molar-refractivity contribution is 0.869. The molecule has 4 aromatic rings. The zero-order chi connectivity index (χ0) is 20.7. The molecular formula is C24H23N5S. The largest absolute Gasteiger partial charge is 0.381 e. The van der Waals surface area contributed by atoms with Crippen LogP contribution >= 0.6 is 11.3 Å². The van der Waals surface area contributed by atoms with Crippen molar-refractivity contribution in [2.24, 2.45) is 4.99 Å². The van der Waals surface area contributed by atoms with E-state index in [4.69, 9.17) is 4.99 Å². The zero-order valence-corrected chi connectivity index (χ0v) is 18.1. The van der Waals surface area contributed by atoms with Gasteiger partial charge in [-0.25, -0.2) is 0 Å². The molecule has 2 aromatic heterocycles. The van der Waals surface area contributed by atoms with E-state index in [2.05, 4.69) is 82.5 Å². The summed E-state index contributed by atoms with van der Waals surface area (Å²) in [5.74, 6) is 1.80. The highest BCUT2D eigenvalue weighted by molar-refractivity contribution is 7.15. The molecule has 2 aromatic carbocycles. The summed E-state index contributed by atoms with van der Waals surface area (Å²) in [5, 5.41) is 13.3. The molecule has 0 unspecified atom stereocenters. The van der Waals surface area contributed by atoms with Gasteiger partial charge in [-0.05, 0) is 44.0 Å². The van der Waals surface area contributed by atoms with Gasteiger partial charge in [0.05, 0.1) is 5.71 Å². The van der Waals surface area contributed by atoms with Crippen molar-refractivity contribution in [3.8, 4) is 5.00 Å². The van der Waals surface area contributed by atoms with E-state index in [1.54, 1.807) is 11.3 Å². The van der Waals surface area contributed by atoms with Crippen molar-refractivity contribution >= 4 is 22.7 Å². The number of nitrogens with zero attached hydrogens (tertiary/aromatic N) is 4. The fraction of sp³-hybridized carbons (Fsp3) is 0.208. The third-order valence-electron chi connectivity index (χ3n) is 5.57. The molecule has 0 radical (unpaired) electrons. The van der Waals surface area contributed by atoms with Gasteiger partial charge < -0.3 is 5.32 Å². The third-order valence-corrected chi connectivity index (χ3v) is 6.77. The van der Waals surface area contributed by atoms with Crippen molar-refractivity contribution in [1.29, 1.82) is 0 Å². The van der Waals surface area contributed by atoms with Crippen LogP contribution in [0.5, 0.6) is 0 Å². The van der Waals surface area contributed by atoms with Gasteiger partial charge in [0, 0.05) is 28.2 Å². The first kappa shape index (κ1) is 18.8. The van der Waals surface area contributed by atoms with Gasteiger partial charge >= 0.3 is 0 Å². The van der Waals surface area contributed by atoms with Crippen molar-refractivity contribution in [2.75, 3.05) is 5.32 Å². The monoisotopic (exact) mass is 413 g/mol. The SMILES string of the molecule is Cc1sc2c(c1C)C(c1ccc(NCc3ccccc3)cc1)=NCc1nnc(C)n1-2. The van der Waals surface area contributed by atoms with Crippen molar-refractivity contribution in [3.05, 3.63) is 93.4 Å². The molecule has 0 saturated heterocycles. The number of nitrogens with one attached hydrogen (secondary N) is 1. The highest BCUT2D eigenvalue weighted by atomic mass is 32.1. The average molecular weight is 414 g/mol. The number of rotatable bonds is 4. The number of hydrogen-bond acceptors (Lipinski definition) is 5. The van der Waals surface area contributed by atoms with E-state index in [1.807, 2.05) is 13.0 Å². The van der Waals surface area contributed by atoms with E-state index in [0.717, 1.165) is 35.2 Å². The maximum absolute atomic E-state index is 4.97. The van der Waals surface area contributed by atoms with Crippen LogP contribution in [-0.4, -0.2) is 20.5 Å². The number of benzene rings is 2. The molecule has 0 saturated carbocycles. The Morgan fingerprint density at radius 2 is 1.73 bits per heavy atom. The second kappa shape index (κ2) is 7.54. The van der Waals surface area contributed by atoms with Crippen LogP contribution in [0.15, 0.2) is 59.6 Å². The summed E-state index contributed by atoms with van der Waals surface area (Å²) < 4.78 is 2.16. The van der Waals surface area contributed by atoms with Gasteiger partial charge in [-0.15, -0.1) is 21.5 Å². The summed E-state index contributed by atoms with van der Waals surface area (Å²) in [4.78, 5) is 6.27. The molecule has 1 aliphatic rings. The standard InChI is InChI=1S/C24H23N5S/c1-15-16(2)30-24-22(15)23(26-14-21-28-27-17(3)29(21)24)19-9-11-20(12-10-19)25-13-18-7-5-4-6-8-18/h4-12,25H,13-14H2,1-3H3. The predicted molar refractivity (Wildman–Crippen MR) is 123 cm³/mol. The molecule has 150 valence electrons. The molecule has 0 amide bonds. The van der Waals surface area contributed by atoms with Crippen molar-refractivity contribution in [3.63, 3.8) is 0 Å². The van der Waals surface area contributed by atoms with Crippen molar-refractivity contribution in [2.45, 2.75) is 33.9 Å². The number of fused-ring (bicyclic) bond motifs is 3. The highest BCUT2D eigenvalue weighted by Gasteiger charge is 2.26. The summed E-state index contributed by atoms with van der Waals surface area (Å²) in [5.41, 5.74) is 7.00. The number of hydrogen-bond donors (Lipinski definition) is 1. The van der Waals surface area contributed by atoms with E-state index in [0.29, 0.717) is 6.54 Å². The molecule has 6 heteroatoms. The summed E-state index contributed by atoms with van der Waals surface area (Å²) >= 11 is 1.79. The molecule has 5 nitrogen and oxygen atoms in total. The Hall–Kier alpha value is -3.25. The first-order chi connectivity index (χ1) is 14.6. The highest BCUT2D eigenvalue weighted by Crippen LogP contribution is 2.36. The van der Waals surface area contributed by atoms with Crippen molar-refractivity contribution in [1.82, 2.24) is 14.8 Å². The van der Waals surface area contributed by atoms with Crippen LogP contribution in [0.4, 0.5) is 5.69 Å². The lowest BCUT2D eigenvalue weighted by Gasteiger charge is -2.11. The second-order valence-electron chi connectivity index (χ2n) is 7.54. The minimum absolute atomic E-state index is 0.532. The van der Waals surface area contributed by atoms with Crippen LogP contribution in [0.25, 0.3) is 5.00 Å². The topological polar surface area (TPSA) is 55.1 Å². The normalized spacial score (nSPS) is 12.7. The molecule has 3 heterocycles. The quantitative estimate of drug-likeness (QED) is 0.499. The van der Waals surface area contributed by atoms with Gasteiger partial charge in [0.25, 0.3) is 0 Å². The Morgan fingerprint density at radius 3 is 2.50 bits per heavy atom. The van der Waals surface area contributed by atoms with Gasteiger partial charge in [0.15, 0.2) is 5.82 Å². The smallest absolute Gasteiger partial charge is 0.160 e. The van der Waals surface area contributed by atoms with Gasteiger partial charge in [-0.1, -0.05) is 42.5 Å². The molecule has 0 spiro atoms. The molecule has 5 rings (SSSR count). The van der Waals surface area contributed by atoms with Gasteiger partial charge in [-0.3, -0.25) is 9.56 Å². The van der Waals surface area contributed by atoms with Crippen LogP contribution in [0.2, 0.25) is 0 Å². The Labute approximate surface area is 180 Å². The number of aliphatic imine (C=N–C) groups is 1. The molecule has 1 aliphatic heterocycles. The predicted octanol–water partition coefficient (Wildman–Crippen LogP) is 5.22. The van der Waals surface area contributed by atoms with E-state index in [1.165, 1.54) is 26.6 Å². The Balaban J connectivity index is 1.48. The fourth-order valence-corrected chi connectivity index (χ4v) is 5.05. The zero-order valence-electron chi connectivity index (χ0n) is 17.3. The van der Waals surface area contributed by atoms with Gasteiger partial charge in [0.1, 0.15) is 17.4 Å². The molecule has 30 heavy (non-hydrogen) atoms. The van der Waals surface area contributed by atoms with Crippen molar-refractivity contribution < 1.29 is 0 Å². The maximum Gasteiger partial charge on any atom is 0.160 e. The number of aromatic nitrogens is 3. The van der Waals surface area contributed by atoms with E-state index < -0.39 is 0 Å². The van der Waals surface area contributed by atoms with Crippen LogP contribution < -0.4 is 5.32 Å². The fourth-order valence-electron chi connectivity index (χ4n) is 3.83. The molecule has 0 fully saturated rings. The second-order valence-corrected chi connectivity index (χ2v) is 8.75. The van der Waals surface area contributed by atoms with Gasteiger partial charge in [0.2, 0.25) is 0 Å². The third kappa shape index (κ3) is 3.23. The first-order valence-corrected chi connectivity index (χ1v) is 10.9. The van der Waals surface area contributed by atoms with Crippen LogP contribution in [0.3, 0.4) is 0 Å². The number of anilines is 1. The molecular weight excluding hydrogens is 390 g/mol. The van der Waals surface area contributed by atoms with Crippen LogP contribution in [-0.2, 0) is 13.1 Å². The molecule has 0 aliphatic carbocycles. The van der Waals surface area contributed by atoms with E-state index in [9.17, 15) is 0 Å².